The summed E-state index contributed by atoms with van der Waals surface area (Å²) in [4.78, 5) is 8.33. The van der Waals surface area contributed by atoms with Crippen LogP contribution < -0.4 is 10.1 Å². The highest BCUT2D eigenvalue weighted by molar-refractivity contribution is 5.37. The fourth-order valence-corrected chi connectivity index (χ4v) is 2.36. The average Bonchev–Trinajstić information content (AvgIpc) is 2.44. The molecule has 0 aromatic carbocycles. The molecule has 0 unspecified atom stereocenters. The third-order valence-corrected chi connectivity index (χ3v) is 3.39. The summed E-state index contributed by atoms with van der Waals surface area (Å²) in [6, 6.07) is 1.89. The predicted molar refractivity (Wildman–Crippen MR) is 72.9 cm³/mol. The summed E-state index contributed by atoms with van der Waals surface area (Å²) in [7, 11) is 0. The maximum absolute atomic E-state index is 5.50. The van der Waals surface area contributed by atoms with Crippen LogP contribution in [0, 0.1) is 5.92 Å². The summed E-state index contributed by atoms with van der Waals surface area (Å²) in [6.45, 7) is 3.81. The van der Waals surface area contributed by atoms with Crippen molar-refractivity contribution in [1.29, 1.82) is 0 Å². The first kappa shape index (κ1) is 13.1. The maximum atomic E-state index is 5.50. The van der Waals surface area contributed by atoms with E-state index in [0.29, 0.717) is 12.5 Å². The number of rotatable bonds is 6. The van der Waals surface area contributed by atoms with E-state index in [2.05, 4.69) is 22.2 Å². The molecule has 4 heteroatoms. The molecule has 1 saturated carbocycles. The lowest BCUT2D eigenvalue weighted by Crippen LogP contribution is -2.17. The molecule has 4 nitrogen and oxygen atoms in total. The first-order valence-electron chi connectivity index (χ1n) is 7.07. The molecule has 100 valence electrons. The predicted octanol–water partition coefficient (Wildman–Crippen LogP) is 3.26. The Hall–Kier alpha value is -1.32. The maximum Gasteiger partial charge on any atom is 0.218 e. The van der Waals surface area contributed by atoms with Crippen LogP contribution in [0.15, 0.2) is 12.4 Å². The standard InChI is InChI=1S/C14H23N3O/c1-2-8-18-14-9-13(16-11-17-14)15-10-12-6-4-3-5-7-12/h9,11-12H,2-8,10H2,1H3,(H,15,16,17). The first-order chi connectivity index (χ1) is 8.88. The van der Waals surface area contributed by atoms with Gasteiger partial charge in [0.1, 0.15) is 12.1 Å². The molecule has 0 bridgehead atoms. The Morgan fingerprint density at radius 3 is 2.89 bits per heavy atom. The Balaban J connectivity index is 1.80. The van der Waals surface area contributed by atoms with Gasteiger partial charge < -0.3 is 10.1 Å². The monoisotopic (exact) mass is 249 g/mol. The number of nitrogens with zero attached hydrogens (tertiary/aromatic N) is 2. The van der Waals surface area contributed by atoms with Crippen molar-refractivity contribution in [2.75, 3.05) is 18.5 Å². The van der Waals surface area contributed by atoms with E-state index in [0.717, 1.165) is 24.7 Å². The van der Waals surface area contributed by atoms with Crippen molar-refractivity contribution < 1.29 is 4.74 Å². The van der Waals surface area contributed by atoms with Gasteiger partial charge in [0.25, 0.3) is 0 Å². The molecule has 1 N–H and O–H groups in total. The van der Waals surface area contributed by atoms with Crippen LogP contribution in [0.3, 0.4) is 0 Å². The first-order valence-corrected chi connectivity index (χ1v) is 7.07. The second-order valence-corrected chi connectivity index (χ2v) is 4.97. The highest BCUT2D eigenvalue weighted by atomic mass is 16.5. The van der Waals surface area contributed by atoms with Crippen molar-refractivity contribution in [3.05, 3.63) is 12.4 Å². The van der Waals surface area contributed by atoms with Crippen molar-refractivity contribution in [2.24, 2.45) is 5.92 Å². The number of anilines is 1. The van der Waals surface area contributed by atoms with E-state index in [9.17, 15) is 0 Å². The zero-order valence-corrected chi connectivity index (χ0v) is 11.2. The second-order valence-electron chi connectivity index (χ2n) is 4.97. The molecule has 0 radical (unpaired) electrons. The summed E-state index contributed by atoms with van der Waals surface area (Å²) in [6.07, 6.45) is 9.40. The zero-order chi connectivity index (χ0) is 12.6. The molecule has 0 atom stereocenters. The van der Waals surface area contributed by atoms with Crippen LogP contribution in [0.25, 0.3) is 0 Å². The quantitative estimate of drug-likeness (QED) is 0.840. The molecule has 18 heavy (non-hydrogen) atoms. The fourth-order valence-electron chi connectivity index (χ4n) is 2.36. The van der Waals surface area contributed by atoms with Crippen LogP contribution in [0.2, 0.25) is 0 Å². The molecule has 1 heterocycles. The van der Waals surface area contributed by atoms with Gasteiger partial charge in [0.05, 0.1) is 6.61 Å². The Morgan fingerprint density at radius 1 is 1.28 bits per heavy atom. The Labute approximate surface area is 109 Å². The molecule has 1 fully saturated rings. The SMILES string of the molecule is CCCOc1cc(NCC2CCCCC2)ncn1. The van der Waals surface area contributed by atoms with E-state index in [1.165, 1.54) is 32.1 Å². The Kier molecular flexibility index (Phi) is 5.24. The molecule has 1 aliphatic carbocycles. The number of hydrogen-bond acceptors (Lipinski definition) is 4. The van der Waals surface area contributed by atoms with E-state index in [1.54, 1.807) is 6.33 Å². The van der Waals surface area contributed by atoms with Crippen LogP contribution >= 0.6 is 0 Å². The van der Waals surface area contributed by atoms with Gasteiger partial charge in [-0.25, -0.2) is 9.97 Å². The molecule has 0 aliphatic heterocycles. The van der Waals surface area contributed by atoms with Gasteiger partial charge in [-0.2, -0.15) is 0 Å². The molecular weight excluding hydrogens is 226 g/mol. The third-order valence-electron chi connectivity index (χ3n) is 3.39. The summed E-state index contributed by atoms with van der Waals surface area (Å²) in [5.74, 6) is 2.34. The molecular formula is C14H23N3O. The minimum Gasteiger partial charge on any atom is -0.478 e. The van der Waals surface area contributed by atoms with Crippen LogP contribution in [0.4, 0.5) is 5.82 Å². The van der Waals surface area contributed by atoms with Gasteiger partial charge in [0.15, 0.2) is 0 Å². The minimum absolute atomic E-state index is 0.665. The summed E-state index contributed by atoms with van der Waals surface area (Å²) in [5, 5.41) is 3.40. The highest BCUT2D eigenvalue weighted by Gasteiger charge is 2.13. The summed E-state index contributed by atoms with van der Waals surface area (Å²) in [5.41, 5.74) is 0. The van der Waals surface area contributed by atoms with Gasteiger partial charge >= 0.3 is 0 Å². The van der Waals surface area contributed by atoms with E-state index < -0.39 is 0 Å². The molecule has 1 aromatic heterocycles. The van der Waals surface area contributed by atoms with Gasteiger partial charge in [-0.1, -0.05) is 26.2 Å². The number of nitrogens with one attached hydrogen (secondary N) is 1. The van der Waals surface area contributed by atoms with Crippen molar-refractivity contribution >= 4 is 5.82 Å². The molecule has 0 spiro atoms. The summed E-state index contributed by atoms with van der Waals surface area (Å²) < 4.78 is 5.50. The van der Waals surface area contributed by atoms with Crippen LogP contribution in [-0.2, 0) is 0 Å². The van der Waals surface area contributed by atoms with Crippen LogP contribution in [-0.4, -0.2) is 23.1 Å². The van der Waals surface area contributed by atoms with E-state index in [4.69, 9.17) is 4.74 Å². The van der Waals surface area contributed by atoms with E-state index in [-0.39, 0.29) is 0 Å². The summed E-state index contributed by atoms with van der Waals surface area (Å²) >= 11 is 0. The van der Waals surface area contributed by atoms with E-state index in [1.807, 2.05) is 6.07 Å². The fraction of sp³-hybridized carbons (Fsp3) is 0.714. The van der Waals surface area contributed by atoms with Crippen molar-refractivity contribution in [2.45, 2.75) is 45.4 Å². The molecule has 0 amide bonds. The van der Waals surface area contributed by atoms with Gasteiger partial charge in [0, 0.05) is 12.6 Å². The third kappa shape index (κ3) is 4.17. The van der Waals surface area contributed by atoms with Crippen molar-refractivity contribution in [3.8, 4) is 5.88 Å². The van der Waals surface area contributed by atoms with Gasteiger partial charge in [-0.15, -0.1) is 0 Å². The van der Waals surface area contributed by atoms with Gasteiger partial charge in [-0.3, -0.25) is 0 Å². The van der Waals surface area contributed by atoms with Crippen molar-refractivity contribution in [1.82, 2.24) is 9.97 Å². The average molecular weight is 249 g/mol. The lowest BCUT2D eigenvalue weighted by molar-refractivity contribution is 0.305. The molecule has 2 rings (SSSR count). The Morgan fingerprint density at radius 2 is 2.11 bits per heavy atom. The van der Waals surface area contributed by atoms with Gasteiger partial charge in [0.2, 0.25) is 5.88 Å². The van der Waals surface area contributed by atoms with Crippen LogP contribution in [0.1, 0.15) is 45.4 Å². The van der Waals surface area contributed by atoms with E-state index >= 15 is 0 Å². The normalized spacial score (nSPS) is 16.5. The molecule has 1 aromatic rings. The smallest absolute Gasteiger partial charge is 0.218 e. The lowest BCUT2D eigenvalue weighted by atomic mass is 9.89. The second kappa shape index (κ2) is 7.19. The Bertz CT molecular complexity index is 351. The zero-order valence-electron chi connectivity index (χ0n) is 11.2. The lowest BCUT2D eigenvalue weighted by Gasteiger charge is -2.21. The number of aromatic nitrogens is 2. The van der Waals surface area contributed by atoms with Crippen LogP contribution in [0.5, 0.6) is 5.88 Å². The highest BCUT2D eigenvalue weighted by Crippen LogP contribution is 2.24. The van der Waals surface area contributed by atoms with Gasteiger partial charge in [-0.05, 0) is 25.2 Å². The molecule has 1 aliphatic rings. The molecule has 0 saturated heterocycles. The number of hydrogen-bond donors (Lipinski definition) is 1. The largest absolute Gasteiger partial charge is 0.478 e. The minimum atomic E-state index is 0.665. The topological polar surface area (TPSA) is 47.0 Å². The van der Waals surface area contributed by atoms with Crippen molar-refractivity contribution in [3.63, 3.8) is 0 Å². The number of ether oxygens (including phenoxy) is 1.